The largest absolute Gasteiger partial charge is 0.207 e. The van der Waals surface area contributed by atoms with Gasteiger partial charge in [-0.3, -0.25) is 0 Å². The topological polar surface area (TPSA) is 0 Å². The van der Waals surface area contributed by atoms with E-state index in [-0.39, 0.29) is 5.82 Å². The third kappa shape index (κ3) is 5.94. The molecule has 1 aromatic rings. The molecule has 0 saturated heterocycles. The van der Waals surface area contributed by atoms with Gasteiger partial charge in [-0.1, -0.05) is 64.5 Å². The second-order valence-electron chi connectivity index (χ2n) is 11.5. The van der Waals surface area contributed by atoms with Crippen LogP contribution in [0.5, 0.6) is 0 Å². The van der Waals surface area contributed by atoms with E-state index in [0.29, 0.717) is 11.8 Å². The van der Waals surface area contributed by atoms with Crippen LogP contribution in [0.25, 0.3) is 0 Å². The van der Waals surface area contributed by atoms with E-state index in [2.05, 4.69) is 26.0 Å². The zero-order valence-electron chi connectivity index (χ0n) is 20.4. The second-order valence-corrected chi connectivity index (χ2v) is 11.5. The summed E-state index contributed by atoms with van der Waals surface area (Å²) < 4.78 is 15.2. The Balaban J connectivity index is 1.27. The molecular formula is C30H47F. The highest BCUT2D eigenvalue weighted by Gasteiger charge is 2.32. The van der Waals surface area contributed by atoms with Gasteiger partial charge in [-0.15, -0.1) is 0 Å². The number of hydrogen-bond acceptors (Lipinski definition) is 0. The molecule has 0 unspecified atom stereocenters. The first-order valence-corrected chi connectivity index (χ1v) is 14.0. The minimum absolute atomic E-state index is 0.0942. The van der Waals surface area contributed by atoms with E-state index in [1.165, 1.54) is 108 Å². The molecule has 1 aromatic carbocycles. The van der Waals surface area contributed by atoms with Gasteiger partial charge in [-0.25, -0.2) is 4.39 Å². The Morgan fingerprint density at radius 3 is 1.65 bits per heavy atom. The van der Waals surface area contributed by atoms with Gasteiger partial charge in [0.15, 0.2) is 0 Å². The summed E-state index contributed by atoms with van der Waals surface area (Å²) in [5.41, 5.74) is 2.29. The average Bonchev–Trinajstić information content (AvgIpc) is 2.81. The van der Waals surface area contributed by atoms with Gasteiger partial charge in [-0.2, -0.15) is 0 Å². The highest BCUT2D eigenvalue weighted by Crippen LogP contribution is 2.45. The summed E-state index contributed by atoms with van der Waals surface area (Å²) in [5, 5.41) is 0. The van der Waals surface area contributed by atoms with Gasteiger partial charge in [0.1, 0.15) is 5.82 Å². The Hall–Kier alpha value is -0.850. The number of rotatable bonds is 7. The Morgan fingerprint density at radius 1 is 0.645 bits per heavy atom. The zero-order valence-corrected chi connectivity index (χ0v) is 20.4. The van der Waals surface area contributed by atoms with Crippen molar-refractivity contribution in [2.45, 2.75) is 128 Å². The molecule has 3 saturated carbocycles. The van der Waals surface area contributed by atoms with Gasteiger partial charge < -0.3 is 0 Å². The molecule has 1 heteroatoms. The first-order valence-electron chi connectivity index (χ1n) is 14.0. The summed E-state index contributed by atoms with van der Waals surface area (Å²) in [6, 6.07) is 6.37. The van der Waals surface area contributed by atoms with Crippen LogP contribution in [0.2, 0.25) is 0 Å². The van der Waals surface area contributed by atoms with E-state index < -0.39 is 0 Å². The first kappa shape index (κ1) is 23.3. The van der Waals surface area contributed by atoms with Crippen LogP contribution in [0, 0.1) is 29.5 Å². The van der Waals surface area contributed by atoms with E-state index in [1.807, 2.05) is 6.07 Å². The molecule has 31 heavy (non-hydrogen) atoms. The van der Waals surface area contributed by atoms with Crippen LogP contribution in [-0.2, 0) is 0 Å². The molecule has 174 valence electrons. The molecule has 0 nitrogen and oxygen atoms in total. The zero-order chi connectivity index (χ0) is 21.6. The Bertz CT molecular complexity index is 655. The molecule has 0 bridgehead atoms. The Morgan fingerprint density at radius 2 is 1.13 bits per heavy atom. The fourth-order valence-corrected chi connectivity index (χ4v) is 7.58. The van der Waals surface area contributed by atoms with E-state index >= 15 is 4.39 Å². The molecule has 0 heterocycles. The number of halogens is 1. The van der Waals surface area contributed by atoms with Crippen molar-refractivity contribution in [2.24, 2.45) is 23.7 Å². The Kier molecular flexibility index (Phi) is 8.52. The molecule has 3 fully saturated rings. The summed E-state index contributed by atoms with van der Waals surface area (Å²) in [7, 11) is 0. The summed E-state index contributed by atoms with van der Waals surface area (Å²) in [5.74, 6) is 4.95. The fourth-order valence-electron chi connectivity index (χ4n) is 7.58. The fraction of sp³-hybridized carbons (Fsp3) is 0.800. The van der Waals surface area contributed by atoms with Gasteiger partial charge in [0.25, 0.3) is 0 Å². The number of benzene rings is 1. The maximum Gasteiger partial charge on any atom is 0.126 e. The summed E-state index contributed by atoms with van der Waals surface area (Å²) >= 11 is 0. The van der Waals surface area contributed by atoms with Crippen molar-refractivity contribution in [3.63, 3.8) is 0 Å². The van der Waals surface area contributed by atoms with Crippen molar-refractivity contribution in [3.05, 3.63) is 35.1 Å². The minimum atomic E-state index is 0.0942. The van der Waals surface area contributed by atoms with Crippen molar-refractivity contribution >= 4 is 0 Å². The van der Waals surface area contributed by atoms with Crippen LogP contribution in [0.4, 0.5) is 4.39 Å². The molecule has 4 rings (SSSR count). The molecule has 0 atom stereocenters. The summed E-state index contributed by atoms with van der Waals surface area (Å²) in [4.78, 5) is 0. The lowest BCUT2D eigenvalue weighted by molar-refractivity contribution is 0.156. The molecule has 0 N–H and O–H groups in total. The van der Waals surface area contributed by atoms with E-state index in [1.54, 1.807) is 0 Å². The van der Waals surface area contributed by atoms with Crippen LogP contribution >= 0.6 is 0 Å². The third-order valence-electron chi connectivity index (χ3n) is 9.51. The van der Waals surface area contributed by atoms with Crippen molar-refractivity contribution in [3.8, 4) is 0 Å². The predicted octanol–water partition coefficient (Wildman–Crippen LogP) is 9.78. The number of hydrogen-bond donors (Lipinski definition) is 0. The smallest absolute Gasteiger partial charge is 0.126 e. The lowest BCUT2D eigenvalue weighted by Gasteiger charge is -2.38. The van der Waals surface area contributed by atoms with E-state index in [0.717, 1.165) is 29.2 Å². The molecule has 0 spiro atoms. The lowest BCUT2D eigenvalue weighted by Crippen LogP contribution is -2.25. The van der Waals surface area contributed by atoms with Gasteiger partial charge in [0.2, 0.25) is 0 Å². The van der Waals surface area contributed by atoms with Crippen LogP contribution < -0.4 is 0 Å². The second kappa shape index (κ2) is 11.3. The highest BCUT2D eigenvalue weighted by atomic mass is 19.1. The van der Waals surface area contributed by atoms with Gasteiger partial charge in [0.05, 0.1) is 0 Å². The molecule has 3 aliphatic rings. The SMILES string of the molecule is CCCC1CCC(c2ccc(C3CCC(C4CCC(CCC)CC4)CC3)c(F)c2)CC1. The Labute approximate surface area is 191 Å². The van der Waals surface area contributed by atoms with Gasteiger partial charge in [-0.05, 0) is 117 Å². The quantitative estimate of drug-likeness (QED) is 0.407. The molecule has 0 aliphatic heterocycles. The molecule has 0 aromatic heterocycles. The van der Waals surface area contributed by atoms with Crippen molar-refractivity contribution in [2.75, 3.05) is 0 Å². The standard InChI is InChI=1S/C30H47F/c1-3-5-22-7-11-24(12-8-22)25-15-17-27(18-16-25)29-20-19-28(21-30(29)31)26-13-9-23(6-4-2)10-14-26/h19-27H,3-18H2,1-2H3. The third-order valence-corrected chi connectivity index (χ3v) is 9.51. The van der Waals surface area contributed by atoms with Crippen molar-refractivity contribution in [1.29, 1.82) is 0 Å². The minimum Gasteiger partial charge on any atom is -0.207 e. The summed E-state index contributed by atoms with van der Waals surface area (Å²) in [6.07, 6.45) is 21.6. The molecule has 0 amide bonds. The highest BCUT2D eigenvalue weighted by molar-refractivity contribution is 5.30. The van der Waals surface area contributed by atoms with Crippen LogP contribution in [0.15, 0.2) is 18.2 Å². The maximum atomic E-state index is 15.2. The normalized spacial score (nSPS) is 34.5. The van der Waals surface area contributed by atoms with Crippen molar-refractivity contribution < 1.29 is 4.39 Å². The molecule has 0 radical (unpaired) electrons. The van der Waals surface area contributed by atoms with Crippen molar-refractivity contribution in [1.82, 2.24) is 0 Å². The predicted molar refractivity (Wildman–Crippen MR) is 131 cm³/mol. The van der Waals surface area contributed by atoms with Gasteiger partial charge >= 0.3 is 0 Å². The van der Waals surface area contributed by atoms with Crippen LogP contribution in [0.1, 0.15) is 140 Å². The van der Waals surface area contributed by atoms with Crippen LogP contribution in [0.3, 0.4) is 0 Å². The summed E-state index contributed by atoms with van der Waals surface area (Å²) in [6.45, 7) is 4.63. The van der Waals surface area contributed by atoms with Gasteiger partial charge in [0, 0.05) is 0 Å². The maximum absolute atomic E-state index is 15.2. The molecular weight excluding hydrogens is 379 g/mol. The molecule has 3 aliphatic carbocycles. The first-order chi connectivity index (χ1) is 15.2. The lowest BCUT2D eigenvalue weighted by atomic mass is 9.68. The van der Waals surface area contributed by atoms with E-state index in [4.69, 9.17) is 0 Å². The van der Waals surface area contributed by atoms with E-state index in [9.17, 15) is 0 Å². The average molecular weight is 427 g/mol. The van der Waals surface area contributed by atoms with Crippen LogP contribution in [-0.4, -0.2) is 0 Å². The monoisotopic (exact) mass is 426 g/mol.